The molecule has 0 aromatic heterocycles. The van der Waals surface area contributed by atoms with Gasteiger partial charge in [-0.3, -0.25) is 0 Å². The van der Waals surface area contributed by atoms with Crippen LogP contribution in [0.3, 0.4) is 0 Å². The monoisotopic (exact) mass is 268 g/mol. The lowest BCUT2D eigenvalue weighted by atomic mass is 9.86. The molecule has 106 valence electrons. The maximum absolute atomic E-state index is 5.67. The minimum absolute atomic E-state index is 0.202. The lowest BCUT2D eigenvalue weighted by Crippen LogP contribution is -2.10. The Hall–Kier alpha value is -1.76. The molecule has 0 saturated heterocycles. The lowest BCUT2D eigenvalue weighted by Gasteiger charge is -2.19. The Balaban J connectivity index is 2.19. The Bertz CT molecular complexity index is 542. The van der Waals surface area contributed by atoms with Gasteiger partial charge in [-0.25, -0.2) is 0 Å². The predicted octanol–water partition coefficient (Wildman–Crippen LogP) is 5.44. The molecule has 0 aliphatic carbocycles. The van der Waals surface area contributed by atoms with Crippen LogP contribution >= 0.6 is 0 Å². The van der Waals surface area contributed by atoms with Crippen molar-refractivity contribution in [2.45, 2.75) is 46.1 Å². The average molecular weight is 268 g/mol. The van der Waals surface area contributed by atoms with Gasteiger partial charge in [-0.1, -0.05) is 57.2 Å². The quantitative estimate of drug-likeness (QED) is 0.720. The summed E-state index contributed by atoms with van der Waals surface area (Å²) in [7, 11) is 0. The number of ether oxygens (including phenoxy) is 1. The van der Waals surface area contributed by atoms with E-state index in [-0.39, 0.29) is 11.5 Å². The van der Waals surface area contributed by atoms with Crippen molar-refractivity contribution >= 4 is 0 Å². The van der Waals surface area contributed by atoms with Gasteiger partial charge in [-0.05, 0) is 48.1 Å². The van der Waals surface area contributed by atoms with Crippen molar-refractivity contribution < 1.29 is 4.74 Å². The van der Waals surface area contributed by atoms with E-state index < -0.39 is 0 Å². The zero-order chi connectivity index (χ0) is 14.8. The molecule has 0 heterocycles. The fraction of sp³-hybridized carbons (Fsp3) is 0.368. The van der Waals surface area contributed by atoms with Crippen LogP contribution in [-0.2, 0) is 5.41 Å². The van der Waals surface area contributed by atoms with E-state index in [2.05, 4.69) is 57.2 Å². The molecule has 1 heteroatoms. The maximum Gasteiger partial charge on any atom is 0.119 e. The van der Waals surface area contributed by atoms with Crippen LogP contribution in [-0.4, -0.2) is 6.10 Å². The molecule has 0 radical (unpaired) electrons. The Labute approximate surface area is 122 Å². The summed E-state index contributed by atoms with van der Waals surface area (Å²) in [6.07, 6.45) is 0.215. The molecule has 0 aliphatic rings. The van der Waals surface area contributed by atoms with Gasteiger partial charge in [-0.15, -0.1) is 0 Å². The zero-order valence-electron chi connectivity index (χ0n) is 13.1. The van der Waals surface area contributed by atoms with Crippen molar-refractivity contribution in [2.75, 3.05) is 0 Å². The standard InChI is InChI=1S/C19H24O/c1-14(2)20-18-12-8-16(9-13-18)15-6-10-17(11-7-15)19(3,4)5/h6-14H,1-5H3. The van der Waals surface area contributed by atoms with E-state index in [0.29, 0.717) is 0 Å². The summed E-state index contributed by atoms with van der Waals surface area (Å²) >= 11 is 0. The summed E-state index contributed by atoms with van der Waals surface area (Å²) in [5.74, 6) is 0.926. The van der Waals surface area contributed by atoms with E-state index in [1.165, 1.54) is 16.7 Å². The molecule has 2 aromatic carbocycles. The van der Waals surface area contributed by atoms with Gasteiger partial charge in [0.25, 0.3) is 0 Å². The van der Waals surface area contributed by atoms with Gasteiger partial charge in [0.2, 0.25) is 0 Å². The van der Waals surface area contributed by atoms with E-state index in [1.807, 2.05) is 26.0 Å². The first-order valence-electron chi connectivity index (χ1n) is 7.24. The second-order valence-corrected chi connectivity index (χ2v) is 6.52. The number of hydrogen-bond acceptors (Lipinski definition) is 1. The number of rotatable bonds is 3. The summed E-state index contributed by atoms with van der Waals surface area (Å²) in [5, 5.41) is 0. The summed E-state index contributed by atoms with van der Waals surface area (Å²) in [4.78, 5) is 0. The largest absolute Gasteiger partial charge is 0.491 e. The summed E-state index contributed by atoms with van der Waals surface area (Å²) < 4.78 is 5.67. The first-order valence-corrected chi connectivity index (χ1v) is 7.24. The third kappa shape index (κ3) is 3.63. The summed E-state index contributed by atoms with van der Waals surface area (Å²) in [6.45, 7) is 10.8. The fourth-order valence-corrected chi connectivity index (χ4v) is 2.16. The van der Waals surface area contributed by atoms with Crippen LogP contribution in [0.5, 0.6) is 5.75 Å². The van der Waals surface area contributed by atoms with Gasteiger partial charge in [-0.2, -0.15) is 0 Å². The Morgan fingerprint density at radius 2 is 1.20 bits per heavy atom. The molecule has 0 atom stereocenters. The summed E-state index contributed by atoms with van der Waals surface area (Å²) in [6, 6.07) is 17.1. The van der Waals surface area contributed by atoms with Crippen LogP contribution in [0.15, 0.2) is 48.5 Å². The van der Waals surface area contributed by atoms with E-state index in [4.69, 9.17) is 4.74 Å². The average Bonchev–Trinajstić information content (AvgIpc) is 2.38. The molecule has 0 aliphatic heterocycles. The van der Waals surface area contributed by atoms with E-state index in [0.717, 1.165) is 5.75 Å². The number of benzene rings is 2. The molecule has 0 saturated carbocycles. The van der Waals surface area contributed by atoms with E-state index in [1.54, 1.807) is 0 Å². The third-order valence-corrected chi connectivity index (χ3v) is 3.31. The molecule has 0 amide bonds. The van der Waals surface area contributed by atoms with Crippen molar-refractivity contribution in [3.8, 4) is 16.9 Å². The molecule has 0 unspecified atom stereocenters. The molecule has 1 nitrogen and oxygen atoms in total. The van der Waals surface area contributed by atoms with Gasteiger partial charge < -0.3 is 4.74 Å². The van der Waals surface area contributed by atoms with Gasteiger partial charge >= 0.3 is 0 Å². The van der Waals surface area contributed by atoms with Crippen molar-refractivity contribution in [3.63, 3.8) is 0 Å². The van der Waals surface area contributed by atoms with E-state index in [9.17, 15) is 0 Å². The van der Waals surface area contributed by atoms with Crippen molar-refractivity contribution in [2.24, 2.45) is 0 Å². The topological polar surface area (TPSA) is 9.23 Å². The molecule has 2 aromatic rings. The first kappa shape index (κ1) is 14.6. The maximum atomic E-state index is 5.67. The van der Waals surface area contributed by atoms with Crippen LogP contribution in [0, 0.1) is 0 Å². The van der Waals surface area contributed by atoms with Crippen molar-refractivity contribution in [3.05, 3.63) is 54.1 Å². The first-order chi connectivity index (χ1) is 9.36. The molecule has 0 N–H and O–H groups in total. The molecule has 20 heavy (non-hydrogen) atoms. The van der Waals surface area contributed by atoms with Crippen molar-refractivity contribution in [1.82, 2.24) is 0 Å². The molecule has 0 spiro atoms. The Morgan fingerprint density at radius 1 is 0.750 bits per heavy atom. The third-order valence-electron chi connectivity index (χ3n) is 3.31. The van der Waals surface area contributed by atoms with Crippen LogP contribution in [0.1, 0.15) is 40.2 Å². The molecule has 0 fully saturated rings. The van der Waals surface area contributed by atoms with Crippen LogP contribution < -0.4 is 4.74 Å². The second-order valence-electron chi connectivity index (χ2n) is 6.52. The highest BCUT2D eigenvalue weighted by atomic mass is 16.5. The minimum atomic E-state index is 0.202. The Kier molecular flexibility index (Phi) is 4.17. The number of hydrogen-bond donors (Lipinski definition) is 0. The Morgan fingerprint density at radius 3 is 1.60 bits per heavy atom. The van der Waals surface area contributed by atoms with Gasteiger partial charge in [0, 0.05) is 0 Å². The van der Waals surface area contributed by atoms with E-state index >= 15 is 0 Å². The zero-order valence-corrected chi connectivity index (χ0v) is 13.1. The van der Waals surface area contributed by atoms with Crippen LogP contribution in [0.2, 0.25) is 0 Å². The summed E-state index contributed by atoms with van der Waals surface area (Å²) in [5.41, 5.74) is 4.03. The highest BCUT2D eigenvalue weighted by Crippen LogP contribution is 2.27. The molecular weight excluding hydrogens is 244 g/mol. The fourth-order valence-electron chi connectivity index (χ4n) is 2.16. The van der Waals surface area contributed by atoms with Gasteiger partial charge in [0.1, 0.15) is 5.75 Å². The molecule has 2 rings (SSSR count). The molecular formula is C19H24O. The predicted molar refractivity (Wildman–Crippen MR) is 86.3 cm³/mol. The van der Waals surface area contributed by atoms with Crippen LogP contribution in [0.4, 0.5) is 0 Å². The SMILES string of the molecule is CC(C)Oc1ccc(-c2ccc(C(C)(C)C)cc2)cc1. The van der Waals surface area contributed by atoms with Crippen LogP contribution in [0.25, 0.3) is 11.1 Å². The highest BCUT2D eigenvalue weighted by Gasteiger charge is 2.13. The van der Waals surface area contributed by atoms with Gasteiger partial charge in [0.05, 0.1) is 6.10 Å². The van der Waals surface area contributed by atoms with Crippen molar-refractivity contribution in [1.29, 1.82) is 0 Å². The second kappa shape index (κ2) is 5.70. The smallest absolute Gasteiger partial charge is 0.119 e. The lowest BCUT2D eigenvalue weighted by molar-refractivity contribution is 0.242. The minimum Gasteiger partial charge on any atom is -0.491 e. The molecule has 0 bridgehead atoms. The van der Waals surface area contributed by atoms with Gasteiger partial charge in [0.15, 0.2) is 0 Å². The highest BCUT2D eigenvalue weighted by molar-refractivity contribution is 5.64. The normalized spacial score (nSPS) is 11.7.